The van der Waals surface area contributed by atoms with E-state index in [9.17, 15) is 16.8 Å². The molecule has 0 amide bonds. The van der Waals surface area contributed by atoms with Crippen molar-refractivity contribution < 1.29 is 16.8 Å². The van der Waals surface area contributed by atoms with Gasteiger partial charge in [0.1, 0.15) is 0 Å². The highest BCUT2D eigenvalue weighted by Gasteiger charge is 2.32. The summed E-state index contributed by atoms with van der Waals surface area (Å²) < 4.78 is 61.2. The Morgan fingerprint density at radius 3 is 1.96 bits per heavy atom. The number of hydrogen-bond donors (Lipinski definition) is 0. The van der Waals surface area contributed by atoms with Crippen LogP contribution < -0.4 is 0 Å². The highest BCUT2D eigenvalue weighted by atomic mass is 32.2. The van der Waals surface area contributed by atoms with Gasteiger partial charge in [0.15, 0.2) is 0 Å². The lowest BCUT2D eigenvalue weighted by Gasteiger charge is -2.23. The Labute approximate surface area is 263 Å². The minimum absolute atomic E-state index is 0.103. The summed E-state index contributed by atoms with van der Waals surface area (Å²) in [6.45, 7) is 5.74. The summed E-state index contributed by atoms with van der Waals surface area (Å²) in [6, 6.07) is 30.2. The van der Waals surface area contributed by atoms with Crippen LogP contribution in [-0.2, 0) is 39.7 Å². The van der Waals surface area contributed by atoms with Crippen LogP contribution in [0.1, 0.15) is 33.6 Å². The van der Waals surface area contributed by atoms with Gasteiger partial charge in [-0.1, -0.05) is 89.1 Å². The first kappa shape index (κ1) is 30.4. The Kier molecular flexibility index (Phi) is 8.17. The molecule has 0 aliphatic rings. The Morgan fingerprint density at radius 2 is 1.29 bits per heavy atom. The maximum Gasteiger partial charge on any atom is 0.268 e. The van der Waals surface area contributed by atoms with Gasteiger partial charge < -0.3 is 0 Å². The van der Waals surface area contributed by atoms with Gasteiger partial charge in [0, 0.05) is 5.39 Å². The number of aryl methyl sites for hydroxylation is 3. The second kappa shape index (κ2) is 12.1. The van der Waals surface area contributed by atoms with Crippen molar-refractivity contribution in [2.45, 2.75) is 50.2 Å². The average Bonchev–Trinajstić information content (AvgIpc) is 3.59. The summed E-state index contributed by atoms with van der Waals surface area (Å²) in [6.07, 6.45) is 1.72. The first-order valence-corrected chi connectivity index (χ1v) is 17.3. The summed E-state index contributed by atoms with van der Waals surface area (Å²) >= 11 is 0. The van der Waals surface area contributed by atoms with E-state index in [-0.39, 0.29) is 22.9 Å². The fraction of sp³-hybridized carbons (Fsp3) is 0.176. The van der Waals surface area contributed by atoms with Crippen LogP contribution in [0.5, 0.6) is 0 Å². The number of benzene rings is 4. The van der Waals surface area contributed by atoms with E-state index in [1.54, 1.807) is 71.5 Å². The van der Waals surface area contributed by atoms with Crippen LogP contribution >= 0.6 is 0 Å². The van der Waals surface area contributed by atoms with Crippen LogP contribution in [0, 0.1) is 20.8 Å². The quantitative estimate of drug-likeness (QED) is 0.187. The highest BCUT2D eigenvalue weighted by molar-refractivity contribution is 7.90. The number of nitrogens with zero attached hydrogens (tertiary/aromatic N) is 5. The molecule has 4 aromatic carbocycles. The third kappa shape index (κ3) is 6.06. The molecule has 9 nitrogen and oxygen atoms in total. The first-order valence-electron chi connectivity index (χ1n) is 14.4. The molecular weight excluding hydrogens is 607 g/mol. The van der Waals surface area contributed by atoms with E-state index in [1.807, 2.05) is 63.2 Å². The summed E-state index contributed by atoms with van der Waals surface area (Å²) in [4.78, 5) is 0.221. The number of aromatic nitrogens is 4. The van der Waals surface area contributed by atoms with Crippen LogP contribution in [0.25, 0.3) is 10.9 Å². The highest BCUT2D eigenvalue weighted by Crippen LogP contribution is 2.32. The van der Waals surface area contributed by atoms with Gasteiger partial charge in [0.05, 0.1) is 52.5 Å². The fourth-order valence-electron chi connectivity index (χ4n) is 5.39. The van der Waals surface area contributed by atoms with Gasteiger partial charge in [-0.15, -0.1) is 5.10 Å². The molecule has 0 atom stereocenters. The zero-order valence-corrected chi connectivity index (χ0v) is 26.8. The average molecular weight is 640 g/mol. The van der Waals surface area contributed by atoms with E-state index in [2.05, 4.69) is 10.3 Å². The molecule has 6 aromatic rings. The molecule has 45 heavy (non-hydrogen) atoms. The minimum atomic E-state index is -4.10. The lowest BCUT2D eigenvalue weighted by Crippen LogP contribution is -2.32. The van der Waals surface area contributed by atoms with Crippen molar-refractivity contribution in [3.05, 3.63) is 143 Å². The van der Waals surface area contributed by atoms with Crippen LogP contribution in [0.4, 0.5) is 0 Å². The molecule has 0 spiro atoms. The molecule has 0 radical (unpaired) electrons. The van der Waals surface area contributed by atoms with Gasteiger partial charge in [-0.2, -0.15) is 4.31 Å². The van der Waals surface area contributed by atoms with E-state index in [0.717, 1.165) is 22.1 Å². The predicted molar refractivity (Wildman–Crippen MR) is 174 cm³/mol. The topological polar surface area (TPSA) is 107 Å². The fourth-order valence-corrected chi connectivity index (χ4v) is 8.35. The van der Waals surface area contributed by atoms with Gasteiger partial charge in [0.25, 0.3) is 10.0 Å². The molecule has 0 unspecified atom stereocenters. The molecule has 0 bridgehead atoms. The van der Waals surface area contributed by atoms with Crippen molar-refractivity contribution in [2.24, 2.45) is 0 Å². The zero-order valence-electron chi connectivity index (χ0n) is 25.2. The van der Waals surface area contributed by atoms with Crippen LogP contribution in [0.2, 0.25) is 0 Å². The first-order chi connectivity index (χ1) is 21.5. The van der Waals surface area contributed by atoms with Gasteiger partial charge in [-0.3, -0.25) is 0 Å². The molecule has 2 heterocycles. The molecule has 6 rings (SSSR count). The van der Waals surface area contributed by atoms with Crippen molar-refractivity contribution in [3.8, 4) is 0 Å². The van der Waals surface area contributed by atoms with Crippen molar-refractivity contribution >= 4 is 30.9 Å². The maximum atomic E-state index is 14.3. The van der Waals surface area contributed by atoms with E-state index < -0.39 is 20.0 Å². The Morgan fingerprint density at radius 1 is 0.689 bits per heavy atom. The SMILES string of the molecule is Cc1ccc(S(=O)(=O)N(Cc2cn(Cc3ccccc3)nn2)Cc2c(C)c3ccccc3n2S(=O)(=O)c2ccc(C)cc2)cc1. The van der Waals surface area contributed by atoms with Crippen molar-refractivity contribution in [1.29, 1.82) is 0 Å². The Hall–Kier alpha value is -4.58. The molecule has 0 N–H and O–H groups in total. The molecule has 2 aromatic heterocycles. The standard InChI is InChI=1S/C34H33N5O4S2/c1-25-13-17-30(18-14-25)44(40,41)38(23-29-22-37(36-35-29)21-28-9-5-4-6-10-28)24-34-27(3)32-11-7-8-12-33(32)39(34)45(42,43)31-19-15-26(2)16-20-31/h4-20,22H,21,23-24H2,1-3H3. The Balaban J connectivity index is 1.46. The van der Waals surface area contributed by atoms with E-state index in [4.69, 9.17) is 0 Å². The van der Waals surface area contributed by atoms with Crippen LogP contribution in [-0.4, -0.2) is 40.1 Å². The number of sulfonamides is 1. The summed E-state index contributed by atoms with van der Waals surface area (Å²) in [5, 5.41) is 9.25. The van der Waals surface area contributed by atoms with Crippen molar-refractivity contribution in [1.82, 2.24) is 23.3 Å². The third-order valence-electron chi connectivity index (χ3n) is 7.86. The van der Waals surface area contributed by atoms with E-state index in [1.165, 1.54) is 8.28 Å². The number of fused-ring (bicyclic) bond motifs is 1. The minimum Gasteiger partial charge on any atom is -0.248 e. The second-order valence-corrected chi connectivity index (χ2v) is 14.9. The smallest absolute Gasteiger partial charge is 0.248 e. The maximum absolute atomic E-state index is 14.3. The van der Waals surface area contributed by atoms with Crippen molar-refractivity contribution in [2.75, 3.05) is 0 Å². The molecule has 0 saturated heterocycles. The molecule has 11 heteroatoms. The molecule has 0 aliphatic heterocycles. The monoisotopic (exact) mass is 639 g/mol. The van der Waals surface area contributed by atoms with E-state index in [0.29, 0.717) is 29.0 Å². The van der Waals surface area contributed by atoms with Gasteiger partial charge in [-0.25, -0.2) is 25.5 Å². The van der Waals surface area contributed by atoms with Crippen LogP contribution in [0.15, 0.2) is 119 Å². The van der Waals surface area contributed by atoms with E-state index >= 15 is 0 Å². The summed E-state index contributed by atoms with van der Waals surface area (Å²) in [5.41, 5.74) is 4.82. The lowest BCUT2D eigenvalue weighted by atomic mass is 10.1. The lowest BCUT2D eigenvalue weighted by molar-refractivity contribution is 0.391. The predicted octanol–water partition coefficient (Wildman–Crippen LogP) is 5.83. The number of rotatable bonds is 10. The van der Waals surface area contributed by atoms with Gasteiger partial charge in [0.2, 0.25) is 10.0 Å². The molecule has 0 fully saturated rings. The number of para-hydroxylation sites is 1. The zero-order chi connectivity index (χ0) is 31.8. The summed E-state index contributed by atoms with van der Waals surface area (Å²) in [7, 11) is -8.20. The number of hydrogen-bond acceptors (Lipinski definition) is 6. The normalized spacial score (nSPS) is 12.3. The van der Waals surface area contributed by atoms with Gasteiger partial charge >= 0.3 is 0 Å². The summed E-state index contributed by atoms with van der Waals surface area (Å²) in [5.74, 6) is 0. The molecule has 0 saturated carbocycles. The van der Waals surface area contributed by atoms with Crippen LogP contribution in [0.3, 0.4) is 0 Å². The largest absolute Gasteiger partial charge is 0.268 e. The molecule has 0 aliphatic carbocycles. The molecule has 230 valence electrons. The third-order valence-corrected chi connectivity index (χ3v) is 11.4. The van der Waals surface area contributed by atoms with Crippen molar-refractivity contribution in [3.63, 3.8) is 0 Å². The Bertz CT molecular complexity index is 2190. The van der Waals surface area contributed by atoms with Gasteiger partial charge in [-0.05, 0) is 62.2 Å². The molecular formula is C34H33N5O4S2. The second-order valence-electron chi connectivity index (χ2n) is 11.2.